The fourth-order valence-electron chi connectivity index (χ4n) is 2.27. The van der Waals surface area contributed by atoms with Gasteiger partial charge in [0.2, 0.25) is 0 Å². The van der Waals surface area contributed by atoms with Crippen molar-refractivity contribution in [2.24, 2.45) is 0 Å². The third-order valence-electron chi connectivity index (χ3n) is 3.38. The van der Waals surface area contributed by atoms with Gasteiger partial charge in [0.1, 0.15) is 11.6 Å². The highest BCUT2D eigenvalue weighted by Gasteiger charge is 2.12. The Labute approximate surface area is 126 Å². The zero-order valence-corrected chi connectivity index (χ0v) is 11.6. The lowest BCUT2D eigenvalue weighted by Gasteiger charge is -2.09. The normalized spacial score (nSPS) is 10.6. The number of hydrogen-bond donors (Lipinski definition) is 2. The number of rotatable bonds is 3. The van der Waals surface area contributed by atoms with Gasteiger partial charge in [0.05, 0.1) is 11.1 Å². The first-order chi connectivity index (χ1) is 10.6. The number of nitrogens with one attached hydrogen (secondary N) is 1. The minimum Gasteiger partial charge on any atom is -0.508 e. The molecule has 0 radical (unpaired) electrons. The van der Waals surface area contributed by atoms with Crippen molar-refractivity contribution >= 4 is 16.8 Å². The van der Waals surface area contributed by atoms with Crippen LogP contribution >= 0.6 is 0 Å². The average Bonchev–Trinajstić information content (AvgIpc) is 2.52. The summed E-state index contributed by atoms with van der Waals surface area (Å²) in [6.07, 6.45) is 1.67. The summed E-state index contributed by atoms with van der Waals surface area (Å²) in [5.74, 6) is -1.50. The lowest BCUT2D eigenvalue weighted by atomic mass is 10.1. The maximum absolute atomic E-state index is 13.6. The van der Waals surface area contributed by atoms with Gasteiger partial charge in [-0.25, -0.2) is 4.39 Å². The number of hydrogen-bond acceptors (Lipinski definition) is 3. The summed E-state index contributed by atoms with van der Waals surface area (Å²) in [5, 5.41) is 12.8. The molecule has 3 rings (SSSR count). The fourth-order valence-corrected chi connectivity index (χ4v) is 2.27. The smallest absolute Gasteiger partial charge is 0.254 e. The van der Waals surface area contributed by atoms with Gasteiger partial charge < -0.3 is 10.4 Å². The standard InChI is InChI=1S/C17H13FN2O2/c18-15-9-12(21)5-6-14(15)17(22)20-10-11-7-8-19-16-4-2-1-3-13(11)16/h1-9,21H,10H2,(H,20,22). The number of pyridine rings is 1. The van der Waals surface area contributed by atoms with E-state index in [2.05, 4.69) is 10.3 Å². The molecule has 5 heteroatoms. The van der Waals surface area contributed by atoms with Crippen molar-refractivity contribution in [3.8, 4) is 5.75 Å². The van der Waals surface area contributed by atoms with Crippen molar-refractivity contribution in [3.63, 3.8) is 0 Å². The van der Waals surface area contributed by atoms with E-state index < -0.39 is 11.7 Å². The first-order valence-electron chi connectivity index (χ1n) is 6.74. The van der Waals surface area contributed by atoms with Gasteiger partial charge in [-0.1, -0.05) is 18.2 Å². The SMILES string of the molecule is O=C(NCc1ccnc2ccccc12)c1ccc(O)cc1F. The highest BCUT2D eigenvalue weighted by Crippen LogP contribution is 2.17. The van der Waals surface area contributed by atoms with Gasteiger partial charge >= 0.3 is 0 Å². The maximum Gasteiger partial charge on any atom is 0.254 e. The summed E-state index contributed by atoms with van der Waals surface area (Å²) in [4.78, 5) is 16.3. The second kappa shape index (κ2) is 5.81. The highest BCUT2D eigenvalue weighted by atomic mass is 19.1. The summed E-state index contributed by atoms with van der Waals surface area (Å²) in [6.45, 7) is 0.266. The molecule has 0 aliphatic carbocycles. The number of aromatic hydroxyl groups is 1. The number of para-hydroxylation sites is 1. The fraction of sp³-hybridized carbons (Fsp3) is 0.0588. The van der Waals surface area contributed by atoms with Crippen molar-refractivity contribution in [3.05, 3.63) is 71.7 Å². The molecule has 0 atom stereocenters. The Balaban J connectivity index is 1.80. The number of nitrogens with zero attached hydrogens (tertiary/aromatic N) is 1. The Morgan fingerprint density at radius 1 is 1.18 bits per heavy atom. The third kappa shape index (κ3) is 2.74. The Bertz CT molecular complexity index is 844. The van der Waals surface area contributed by atoms with E-state index in [1.54, 1.807) is 6.20 Å². The Morgan fingerprint density at radius 2 is 2.00 bits per heavy atom. The molecule has 1 heterocycles. The average molecular weight is 296 g/mol. The molecule has 0 saturated heterocycles. The number of phenolic OH excluding ortho intramolecular Hbond substituents is 1. The van der Waals surface area contributed by atoms with Crippen LogP contribution in [0.15, 0.2) is 54.7 Å². The maximum atomic E-state index is 13.6. The number of carbonyl (C=O) groups excluding carboxylic acids is 1. The number of carbonyl (C=O) groups is 1. The molecule has 22 heavy (non-hydrogen) atoms. The number of benzene rings is 2. The van der Waals surface area contributed by atoms with Crippen LogP contribution in [0, 0.1) is 5.82 Å². The quantitative estimate of drug-likeness (QED) is 0.781. The Morgan fingerprint density at radius 3 is 2.82 bits per heavy atom. The van der Waals surface area contributed by atoms with E-state index in [9.17, 15) is 9.18 Å². The minimum absolute atomic E-state index is 0.101. The number of fused-ring (bicyclic) bond motifs is 1. The molecule has 0 spiro atoms. The van der Waals surface area contributed by atoms with Crippen LogP contribution in [0.1, 0.15) is 15.9 Å². The van der Waals surface area contributed by atoms with Crippen molar-refractivity contribution in [2.45, 2.75) is 6.54 Å². The van der Waals surface area contributed by atoms with Gasteiger partial charge in [-0.05, 0) is 29.8 Å². The van der Waals surface area contributed by atoms with Crippen LogP contribution in [0.25, 0.3) is 10.9 Å². The molecule has 0 aliphatic rings. The zero-order valence-electron chi connectivity index (χ0n) is 11.6. The second-order valence-corrected chi connectivity index (χ2v) is 4.83. The van der Waals surface area contributed by atoms with E-state index >= 15 is 0 Å². The molecule has 1 aromatic heterocycles. The van der Waals surface area contributed by atoms with Crippen LogP contribution < -0.4 is 5.32 Å². The lowest BCUT2D eigenvalue weighted by Crippen LogP contribution is -2.23. The predicted octanol–water partition coefficient (Wildman–Crippen LogP) is 3.01. The van der Waals surface area contributed by atoms with Gasteiger partial charge in [-0.2, -0.15) is 0 Å². The topological polar surface area (TPSA) is 62.2 Å². The highest BCUT2D eigenvalue weighted by molar-refractivity contribution is 5.94. The molecule has 2 aromatic carbocycles. The first-order valence-corrected chi connectivity index (χ1v) is 6.74. The van der Waals surface area contributed by atoms with E-state index in [0.717, 1.165) is 22.5 Å². The number of amides is 1. The summed E-state index contributed by atoms with van der Waals surface area (Å²) in [6, 6.07) is 12.9. The molecule has 2 N–H and O–H groups in total. The van der Waals surface area contributed by atoms with E-state index in [1.807, 2.05) is 30.3 Å². The molecule has 0 unspecified atom stereocenters. The summed E-state index contributed by atoms with van der Waals surface area (Å²) < 4.78 is 13.6. The van der Waals surface area contributed by atoms with Crippen molar-refractivity contribution < 1.29 is 14.3 Å². The van der Waals surface area contributed by atoms with Crippen LogP contribution in [-0.2, 0) is 6.54 Å². The van der Waals surface area contributed by atoms with Crippen LogP contribution in [0.3, 0.4) is 0 Å². The molecular formula is C17H13FN2O2. The second-order valence-electron chi connectivity index (χ2n) is 4.83. The van der Waals surface area contributed by atoms with Gasteiger partial charge in [-0.3, -0.25) is 9.78 Å². The Kier molecular flexibility index (Phi) is 3.70. The number of aromatic nitrogens is 1. The van der Waals surface area contributed by atoms with Gasteiger partial charge in [0, 0.05) is 24.2 Å². The molecule has 1 amide bonds. The summed E-state index contributed by atoms with van der Waals surface area (Å²) >= 11 is 0. The molecule has 0 bridgehead atoms. The summed E-state index contributed by atoms with van der Waals surface area (Å²) in [7, 11) is 0. The molecule has 0 aliphatic heterocycles. The van der Waals surface area contributed by atoms with Crippen molar-refractivity contribution in [1.82, 2.24) is 10.3 Å². The monoisotopic (exact) mass is 296 g/mol. The molecular weight excluding hydrogens is 283 g/mol. The predicted molar refractivity (Wildman–Crippen MR) is 81.0 cm³/mol. The van der Waals surface area contributed by atoms with E-state index in [4.69, 9.17) is 5.11 Å². The van der Waals surface area contributed by atoms with Crippen LogP contribution in [0.4, 0.5) is 4.39 Å². The van der Waals surface area contributed by atoms with E-state index in [0.29, 0.717) is 0 Å². The Hall–Kier alpha value is -2.95. The largest absolute Gasteiger partial charge is 0.508 e. The van der Waals surface area contributed by atoms with Crippen LogP contribution in [0.2, 0.25) is 0 Å². The van der Waals surface area contributed by atoms with Gasteiger partial charge in [0.15, 0.2) is 0 Å². The number of halogens is 1. The molecule has 3 aromatic rings. The van der Waals surface area contributed by atoms with Gasteiger partial charge in [0.25, 0.3) is 5.91 Å². The number of phenols is 1. The lowest BCUT2D eigenvalue weighted by molar-refractivity contribution is 0.0947. The molecule has 0 saturated carbocycles. The van der Waals surface area contributed by atoms with Gasteiger partial charge in [-0.15, -0.1) is 0 Å². The molecule has 110 valence electrons. The van der Waals surface area contributed by atoms with Crippen LogP contribution in [0.5, 0.6) is 5.75 Å². The van der Waals surface area contributed by atoms with E-state index in [-0.39, 0.29) is 17.9 Å². The minimum atomic E-state index is -0.753. The van der Waals surface area contributed by atoms with Crippen molar-refractivity contribution in [1.29, 1.82) is 0 Å². The third-order valence-corrected chi connectivity index (χ3v) is 3.38. The first kappa shape index (κ1) is 14.0. The van der Waals surface area contributed by atoms with Crippen LogP contribution in [-0.4, -0.2) is 16.0 Å². The zero-order chi connectivity index (χ0) is 15.5. The molecule has 0 fully saturated rings. The van der Waals surface area contributed by atoms with E-state index in [1.165, 1.54) is 12.1 Å². The summed E-state index contributed by atoms with van der Waals surface area (Å²) in [5.41, 5.74) is 1.64. The van der Waals surface area contributed by atoms with Crippen molar-refractivity contribution in [2.75, 3.05) is 0 Å². The molecule has 4 nitrogen and oxygen atoms in total.